The number of aliphatic imine (C=N–C) groups is 1. The van der Waals surface area contributed by atoms with E-state index in [0.717, 1.165) is 16.6 Å². The second-order valence-corrected chi connectivity index (χ2v) is 5.14. The molecule has 0 amide bonds. The van der Waals surface area contributed by atoms with Gasteiger partial charge in [0.1, 0.15) is 12.0 Å². The van der Waals surface area contributed by atoms with Gasteiger partial charge in [-0.05, 0) is 12.1 Å². The molecule has 0 spiro atoms. The minimum absolute atomic E-state index is 0.576. The number of hydrogen-bond acceptors (Lipinski definition) is 4. The SMILES string of the molecule is CN(C)/C=N\c1ncnc2[nH]nc(-c3ccc(Cl)cc3)c12. The molecule has 0 aliphatic rings. The molecule has 3 aromatic rings. The highest BCUT2D eigenvalue weighted by Crippen LogP contribution is 2.31. The van der Waals surface area contributed by atoms with Crippen molar-refractivity contribution < 1.29 is 0 Å². The number of aromatic amines is 1. The monoisotopic (exact) mass is 300 g/mol. The molecule has 1 N–H and O–H groups in total. The summed E-state index contributed by atoms with van der Waals surface area (Å²) in [6.07, 6.45) is 3.16. The van der Waals surface area contributed by atoms with Gasteiger partial charge in [-0.1, -0.05) is 23.7 Å². The van der Waals surface area contributed by atoms with Crippen LogP contribution in [-0.4, -0.2) is 45.5 Å². The third kappa shape index (κ3) is 2.71. The number of benzene rings is 1. The number of aromatic nitrogens is 4. The smallest absolute Gasteiger partial charge is 0.168 e. The fourth-order valence-corrected chi connectivity index (χ4v) is 2.05. The molecule has 0 aliphatic carbocycles. The lowest BCUT2D eigenvalue weighted by molar-refractivity contribution is 0.643. The van der Waals surface area contributed by atoms with E-state index in [-0.39, 0.29) is 0 Å². The Bertz CT molecular complexity index is 791. The molecule has 2 aromatic heterocycles. The summed E-state index contributed by atoms with van der Waals surface area (Å²) in [6, 6.07) is 7.46. The summed E-state index contributed by atoms with van der Waals surface area (Å²) in [4.78, 5) is 14.6. The van der Waals surface area contributed by atoms with Gasteiger partial charge < -0.3 is 4.90 Å². The number of rotatable bonds is 3. The molecule has 0 unspecified atom stereocenters. The van der Waals surface area contributed by atoms with Crippen LogP contribution in [0.15, 0.2) is 35.6 Å². The Balaban J connectivity index is 2.17. The Hall–Kier alpha value is -2.47. The maximum absolute atomic E-state index is 5.93. The van der Waals surface area contributed by atoms with Crippen LogP contribution in [0.25, 0.3) is 22.3 Å². The van der Waals surface area contributed by atoms with Crippen molar-refractivity contribution in [2.45, 2.75) is 0 Å². The Labute approximate surface area is 126 Å². The standard InChI is InChI=1S/C14H13ClN6/c1-21(2)8-18-13-11-12(9-3-5-10(15)6-4-9)19-20-14(11)17-7-16-13/h3-8H,1-2H3,(H,16,17,19,20)/b18-8-. The molecule has 1 aromatic carbocycles. The molecule has 106 valence electrons. The van der Waals surface area contributed by atoms with E-state index >= 15 is 0 Å². The average molecular weight is 301 g/mol. The summed E-state index contributed by atoms with van der Waals surface area (Å²) in [5.74, 6) is 0.576. The van der Waals surface area contributed by atoms with E-state index in [1.165, 1.54) is 6.33 Å². The highest BCUT2D eigenvalue weighted by atomic mass is 35.5. The van der Waals surface area contributed by atoms with Crippen LogP contribution in [-0.2, 0) is 0 Å². The first kappa shape index (κ1) is 13.5. The van der Waals surface area contributed by atoms with Gasteiger partial charge in [-0.25, -0.2) is 15.0 Å². The lowest BCUT2D eigenvalue weighted by atomic mass is 10.1. The van der Waals surface area contributed by atoms with E-state index in [1.54, 1.807) is 6.34 Å². The van der Waals surface area contributed by atoms with Gasteiger partial charge in [0.15, 0.2) is 11.5 Å². The third-order valence-corrected chi connectivity index (χ3v) is 3.12. The van der Waals surface area contributed by atoms with Crippen molar-refractivity contribution in [1.29, 1.82) is 0 Å². The van der Waals surface area contributed by atoms with Gasteiger partial charge in [0, 0.05) is 24.7 Å². The predicted octanol–water partition coefficient (Wildman–Crippen LogP) is 2.89. The lowest BCUT2D eigenvalue weighted by Gasteiger charge is -2.03. The highest BCUT2D eigenvalue weighted by Gasteiger charge is 2.13. The number of nitrogens with one attached hydrogen (secondary N) is 1. The maximum Gasteiger partial charge on any atom is 0.168 e. The molecule has 21 heavy (non-hydrogen) atoms. The average Bonchev–Trinajstić information content (AvgIpc) is 2.90. The second-order valence-electron chi connectivity index (χ2n) is 4.71. The minimum atomic E-state index is 0.576. The number of hydrogen-bond donors (Lipinski definition) is 1. The predicted molar refractivity (Wildman–Crippen MR) is 84.0 cm³/mol. The first-order valence-electron chi connectivity index (χ1n) is 6.31. The molecule has 0 radical (unpaired) electrons. The normalized spacial score (nSPS) is 11.4. The number of fused-ring (bicyclic) bond motifs is 1. The van der Waals surface area contributed by atoms with Crippen molar-refractivity contribution in [2.24, 2.45) is 4.99 Å². The van der Waals surface area contributed by atoms with E-state index in [9.17, 15) is 0 Å². The third-order valence-electron chi connectivity index (χ3n) is 2.87. The Morgan fingerprint density at radius 1 is 1.19 bits per heavy atom. The van der Waals surface area contributed by atoms with Crippen molar-refractivity contribution in [3.05, 3.63) is 35.6 Å². The molecule has 0 fully saturated rings. The first-order chi connectivity index (χ1) is 10.1. The topological polar surface area (TPSA) is 70.1 Å². The molecular weight excluding hydrogens is 288 g/mol. The summed E-state index contributed by atoms with van der Waals surface area (Å²) in [5.41, 5.74) is 2.34. The summed E-state index contributed by atoms with van der Waals surface area (Å²) in [7, 11) is 3.80. The zero-order chi connectivity index (χ0) is 14.8. The van der Waals surface area contributed by atoms with E-state index < -0.39 is 0 Å². The Morgan fingerprint density at radius 3 is 2.67 bits per heavy atom. The number of halogens is 1. The van der Waals surface area contributed by atoms with E-state index in [4.69, 9.17) is 11.6 Å². The largest absolute Gasteiger partial charge is 0.369 e. The first-order valence-corrected chi connectivity index (χ1v) is 6.68. The molecule has 7 heteroatoms. The van der Waals surface area contributed by atoms with Gasteiger partial charge in [0.2, 0.25) is 0 Å². The zero-order valence-corrected chi connectivity index (χ0v) is 12.3. The lowest BCUT2D eigenvalue weighted by Crippen LogP contribution is -2.07. The van der Waals surface area contributed by atoms with Crippen LogP contribution < -0.4 is 0 Å². The fourth-order valence-electron chi connectivity index (χ4n) is 1.93. The fraction of sp³-hybridized carbons (Fsp3) is 0.143. The molecule has 2 heterocycles. The van der Waals surface area contributed by atoms with E-state index in [2.05, 4.69) is 25.2 Å². The van der Waals surface area contributed by atoms with Gasteiger partial charge in [-0.3, -0.25) is 5.10 Å². The maximum atomic E-state index is 5.93. The van der Waals surface area contributed by atoms with Gasteiger partial charge in [0.25, 0.3) is 0 Å². The summed E-state index contributed by atoms with van der Waals surface area (Å²) < 4.78 is 0. The van der Waals surface area contributed by atoms with Gasteiger partial charge in [-0.2, -0.15) is 5.10 Å². The molecule has 0 atom stereocenters. The molecule has 0 saturated heterocycles. The van der Waals surface area contributed by atoms with Crippen LogP contribution in [0, 0.1) is 0 Å². The highest BCUT2D eigenvalue weighted by molar-refractivity contribution is 6.30. The molecule has 0 bridgehead atoms. The molecule has 3 rings (SSSR count). The van der Waals surface area contributed by atoms with Crippen molar-refractivity contribution >= 4 is 34.8 Å². The van der Waals surface area contributed by atoms with Gasteiger partial charge in [-0.15, -0.1) is 0 Å². The van der Waals surface area contributed by atoms with Gasteiger partial charge >= 0.3 is 0 Å². The van der Waals surface area contributed by atoms with E-state index in [1.807, 2.05) is 43.3 Å². The van der Waals surface area contributed by atoms with Crippen LogP contribution in [0.1, 0.15) is 0 Å². The van der Waals surface area contributed by atoms with Crippen LogP contribution in [0.5, 0.6) is 0 Å². The van der Waals surface area contributed by atoms with Gasteiger partial charge in [0.05, 0.1) is 11.7 Å². The Kier molecular flexibility index (Phi) is 3.53. The minimum Gasteiger partial charge on any atom is -0.369 e. The van der Waals surface area contributed by atoms with E-state index in [0.29, 0.717) is 16.5 Å². The van der Waals surface area contributed by atoms with Crippen molar-refractivity contribution in [2.75, 3.05) is 14.1 Å². The van der Waals surface area contributed by atoms with Crippen molar-refractivity contribution in [3.63, 3.8) is 0 Å². The second kappa shape index (κ2) is 5.49. The molecule has 0 aliphatic heterocycles. The zero-order valence-electron chi connectivity index (χ0n) is 11.6. The molecule has 0 saturated carbocycles. The van der Waals surface area contributed by atoms with Crippen molar-refractivity contribution in [1.82, 2.24) is 25.1 Å². The summed E-state index contributed by atoms with van der Waals surface area (Å²) >= 11 is 5.93. The molecular formula is C14H13ClN6. The van der Waals surface area contributed by atoms with Crippen LogP contribution in [0.4, 0.5) is 5.82 Å². The summed E-state index contributed by atoms with van der Waals surface area (Å²) in [5, 5.41) is 8.70. The van der Waals surface area contributed by atoms with Crippen LogP contribution >= 0.6 is 11.6 Å². The number of H-pyrrole nitrogens is 1. The van der Waals surface area contributed by atoms with Crippen LogP contribution in [0.2, 0.25) is 5.02 Å². The Morgan fingerprint density at radius 2 is 1.95 bits per heavy atom. The van der Waals surface area contributed by atoms with Crippen molar-refractivity contribution in [3.8, 4) is 11.3 Å². The summed E-state index contributed by atoms with van der Waals surface area (Å²) in [6.45, 7) is 0. The number of nitrogens with zero attached hydrogens (tertiary/aromatic N) is 5. The quantitative estimate of drug-likeness (QED) is 0.596. The van der Waals surface area contributed by atoms with Crippen LogP contribution in [0.3, 0.4) is 0 Å². The molecule has 6 nitrogen and oxygen atoms in total.